The summed E-state index contributed by atoms with van der Waals surface area (Å²) in [6.07, 6.45) is 8.77. The van der Waals surface area contributed by atoms with Crippen LogP contribution in [0.15, 0.2) is 103 Å². The third-order valence-electron chi connectivity index (χ3n) is 6.85. The Morgan fingerprint density at radius 2 is 1.35 bits per heavy atom. The van der Waals surface area contributed by atoms with Crippen LogP contribution in [0.25, 0.3) is 0 Å². The van der Waals surface area contributed by atoms with Crippen molar-refractivity contribution in [3.8, 4) is 0 Å². The van der Waals surface area contributed by atoms with Gasteiger partial charge < -0.3 is 10.2 Å². The van der Waals surface area contributed by atoms with E-state index in [-0.39, 0.29) is 0 Å². The molecular weight excluding hydrogens is 492 g/mol. The summed E-state index contributed by atoms with van der Waals surface area (Å²) < 4.78 is 0. The van der Waals surface area contributed by atoms with E-state index in [4.69, 9.17) is 20.0 Å². The van der Waals surface area contributed by atoms with Gasteiger partial charge in [-0.3, -0.25) is 20.0 Å². The highest BCUT2D eigenvalue weighted by Crippen LogP contribution is 2.16. The summed E-state index contributed by atoms with van der Waals surface area (Å²) in [7, 11) is 0. The Morgan fingerprint density at radius 1 is 0.775 bits per heavy atom. The van der Waals surface area contributed by atoms with Gasteiger partial charge in [-0.05, 0) is 51.2 Å². The van der Waals surface area contributed by atoms with Crippen molar-refractivity contribution in [2.45, 2.75) is 60.0 Å². The molecule has 2 aromatic carbocycles. The smallest absolute Gasteiger partial charge is 0.0426 e. The van der Waals surface area contributed by atoms with Crippen molar-refractivity contribution in [3.63, 3.8) is 0 Å². The van der Waals surface area contributed by atoms with Gasteiger partial charge in [0.25, 0.3) is 0 Å². The van der Waals surface area contributed by atoms with Gasteiger partial charge in [0.15, 0.2) is 0 Å². The Labute approximate surface area is 241 Å². The molecule has 3 rings (SSSR count). The van der Waals surface area contributed by atoms with Crippen LogP contribution in [0.3, 0.4) is 0 Å². The number of rotatable bonds is 8. The Balaban J connectivity index is 1.74. The van der Waals surface area contributed by atoms with Gasteiger partial charge in [-0.15, -0.1) is 0 Å². The van der Waals surface area contributed by atoms with Gasteiger partial charge in [-0.1, -0.05) is 67.6 Å². The second-order valence-corrected chi connectivity index (χ2v) is 10.1. The summed E-state index contributed by atoms with van der Waals surface area (Å²) in [5, 5.41) is 3.52. The summed E-state index contributed by atoms with van der Waals surface area (Å²) >= 11 is 0. The zero-order chi connectivity index (χ0) is 28.4. The van der Waals surface area contributed by atoms with Crippen LogP contribution in [0.1, 0.15) is 58.1 Å². The molecule has 2 aromatic rings. The van der Waals surface area contributed by atoms with Gasteiger partial charge in [0, 0.05) is 92.7 Å². The van der Waals surface area contributed by atoms with Crippen molar-refractivity contribution in [1.29, 1.82) is 0 Å². The lowest BCUT2D eigenvalue weighted by Gasteiger charge is -2.27. The Kier molecular flexibility index (Phi) is 13.6. The van der Waals surface area contributed by atoms with Crippen LogP contribution >= 0.6 is 0 Å². The number of hydrogen-bond donors (Lipinski definition) is 1. The maximum Gasteiger partial charge on any atom is 0.0426 e. The Bertz CT molecular complexity index is 1210. The summed E-state index contributed by atoms with van der Waals surface area (Å²) in [5.74, 6) is 0. The predicted molar refractivity (Wildman–Crippen MR) is 173 cm³/mol. The minimum absolute atomic E-state index is 0.724. The molecule has 40 heavy (non-hydrogen) atoms. The molecule has 0 saturated heterocycles. The fraction of sp³-hybridized carbons (Fsp3) is 0.412. The molecule has 0 spiro atoms. The molecule has 1 aliphatic rings. The maximum atomic E-state index is 4.94. The van der Waals surface area contributed by atoms with Crippen LogP contribution in [0.4, 0.5) is 0 Å². The van der Waals surface area contributed by atoms with Crippen LogP contribution in [-0.2, 0) is 13.1 Å². The van der Waals surface area contributed by atoms with E-state index in [1.54, 1.807) is 0 Å². The highest BCUT2D eigenvalue weighted by atomic mass is 15.1. The van der Waals surface area contributed by atoms with Gasteiger partial charge in [-0.2, -0.15) is 0 Å². The van der Waals surface area contributed by atoms with E-state index >= 15 is 0 Å². The minimum atomic E-state index is 0.724. The van der Waals surface area contributed by atoms with E-state index in [9.17, 15) is 0 Å². The van der Waals surface area contributed by atoms with E-state index in [1.165, 1.54) is 16.8 Å². The molecule has 0 aromatic heterocycles. The SMILES string of the molecule is CCCN(Cc1ccccc1)/C(C)=C1/C=NCCCN=C/C(=C(/C)NCc2ccccc2)C=NCCCN=C1C. The number of hydrogen-bond acceptors (Lipinski definition) is 6. The Hall–Kier alpha value is -3.80. The van der Waals surface area contributed by atoms with Crippen molar-refractivity contribution >= 4 is 24.4 Å². The molecule has 212 valence electrons. The van der Waals surface area contributed by atoms with Crippen LogP contribution in [0.5, 0.6) is 0 Å². The molecule has 0 bridgehead atoms. The highest BCUT2D eigenvalue weighted by molar-refractivity contribution is 6.15. The third-order valence-corrected chi connectivity index (χ3v) is 6.85. The molecule has 0 saturated carbocycles. The molecule has 0 radical (unpaired) electrons. The number of aliphatic imine (C=N–C) groups is 4. The van der Waals surface area contributed by atoms with Crippen LogP contribution in [0, 0.1) is 0 Å². The van der Waals surface area contributed by atoms with E-state index in [2.05, 4.69) is 92.5 Å². The zero-order valence-corrected chi connectivity index (χ0v) is 24.8. The first-order valence-corrected chi connectivity index (χ1v) is 14.6. The van der Waals surface area contributed by atoms with Crippen molar-refractivity contribution in [2.24, 2.45) is 20.0 Å². The van der Waals surface area contributed by atoms with Crippen molar-refractivity contribution in [1.82, 2.24) is 10.2 Å². The van der Waals surface area contributed by atoms with Crippen molar-refractivity contribution < 1.29 is 0 Å². The average Bonchev–Trinajstić information content (AvgIpc) is 2.97. The molecule has 6 nitrogen and oxygen atoms in total. The second-order valence-electron chi connectivity index (χ2n) is 10.1. The number of allylic oxidation sites excluding steroid dienone is 4. The molecule has 0 fully saturated rings. The van der Waals surface area contributed by atoms with Crippen LogP contribution in [0.2, 0.25) is 0 Å². The zero-order valence-electron chi connectivity index (χ0n) is 24.8. The van der Waals surface area contributed by atoms with Gasteiger partial charge >= 0.3 is 0 Å². The first-order valence-electron chi connectivity index (χ1n) is 14.6. The van der Waals surface area contributed by atoms with Crippen LogP contribution in [-0.4, -0.2) is 62.0 Å². The van der Waals surface area contributed by atoms with Crippen LogP contribution < -0.4 is 5.32 Å². The maximum absolute atomic E-state index is 4.94. The number of benzene rings is 2. The van der Waals surface area contributed by atoms with Gasteiger partial charge in [0.2, 0.25) is 0 Å². The van der Waals surface area contributed by atoms with Crippen molar-refractivity contribution in [2.75, 3.05) is 32.7 Å². The normalized spacial score (nSPS) is 17.8. The third kappa shape index (κ3) is 10.8. The topological polar surface area (TPSA) is 64.7 Å². The summed E-state index contributed by atoms with van der Waals surface area (Å²) in [5.41, 5.74) is 8.02. The molecule has 1 aliphatic heterocycles. The average molecular weight is 539 g/mol. The minimum Gasteiger partial charge on any atom is -0.384 e. The molecule has 1 N–H and O–H groups in total. The quantitative estimate of drug-likeness (QED) is 0.406. The lowest BCUT2D eigenvalue weighted by atomic mass is 10.1. The fourth-order valence-electron chi connectivity index (χ4n) is 4.45. The van der Waals surface area contributed by atoms with E-state index in [0.29, 0.717) is 0 Å². The monoisotopic (exact) mass is 538 g/mol. The van der Waals surface area contributed by atoms with Gasteiger partial charge in [0.05, 0.1) is 0 Å². The van der Waals surface area contributed by atoms with Gasteiger partial charge in [0.1, 0.15) is 0 Å². The molecule has 0 atom stereocenters. The second kappa shape index (κ2) is 17.7. The fourth-order valence-corrected chi connectivity index (χ4v) is 4.45. The first-order chi connectivity index (χ1) is 19.6. The largest absolute Gasteiger partial charge is 0.384 e. The number of nitrogens with one attached hydrogen (secondary N) is 1. The lowest BCUT2D eigenvalue weighted by Crippen LogP contribution is -2.25. The molecule has 6 heteroatoms. The predicted octanol–water partition coefficient (Wildman–Crippen LogP) is 6.70. The molecule has 0 amide bonds. The molecule has 0 unspecified atom stereocenters. The summed E-state index contributed by atoms with van der Waals surface area (Å²) in [6.45, 7) is 14.2. The van der Waals surface area contributed by atoms with Gasteiger partial charge in [-0.25, -0.2) is 0 Å². The summed E-state index contributed by atoms with van der Waals surface area (Å²) in [4.78, 5) is 21.6. The van der Waals surface area contributed by atoms with E-state index in [1.807, 2.05) is 24.7 Å². The molecule has 1 heterocycles. The van der Waals surface area contributed by atoms with E-state index in [0.717, 1.165) is 87.6 Å². The van der Waals surface area contributed by atoms with E-state index < -0.39 is 0 Å². The first kappa shape index (κ1) is 30.7. The highest BCUT2D eigenvalue weighted by Gasteiger charge is 2.12. The summed E-state index contributed by atoms with van der Waals surface area (Å²) in [6, 6.07) is 21.1. The Morgan fingerprint density at radius 3 is 1.98 bits per heavy atom. The number of nitrogens with zero attached hydrogens (tertiary/aromatic N) is 5. The lowest BCUT2D eigenvalue weighted by molar-refractivity contribution is 0.337. The van der Waals surface area contributed by atoms with Crippen molar-refractivity contribution in [3.05, 3.63) is 94.3 Å². The molecular formula is C34H46N6. The molecule has 0 aliphatic carbocycles. The standard InChI is InChI=1S/C34H46N6/c1-5-22-40(27-32-16-10-7-11-17-32)30(4)34-26-37-19-12-18-35-24-33(25-36-20-13-21-38-29(34)3)28(2)39-23-31-14-8-6-9-15-31/h6-11,14-17,24-26,39H,5,12-13,18-23,27H2,1-4H3/b33-28+,34-30-,35-24?,36-25?,37-26?,38-29?.